The summed E-state index contributed by atoms with van der Waals surface area (Å²) in [6, 6.07) is 11.3. The molecule has 5 heteroatoms. The van der Waals surface area contributed by atoms with Crippen LogP contribution >= 0.6 is 0 Å². The molecule has 2 aliphatic rings. The van der Waals surface area contributed by atoms with Crippen molar-refractivity contribution in [2.24, 2.45) is 11.8 Å². The second-order valence-corrected chi connectivity index (χ2v) is 9.49. The highest BCUT2D eigenvalue weighted by atomic mass is 16.5. The summed E-state index contributed by atoms with van der Waals surface area (Å²) in [5, 5.41) is 21.9. The lowest BCUT2D eigenvalue weighted by atomic mass is 9.65. The van der Waals surface area contributed by atoms with Gasteiger partial charge in [-0.1, -0.05) is 44.2 Å². The molecule has 1 aliphatic heterocycles. The second kappa shape index (κ2) is 8.19. The van der Waals surface area contributed by atoms with Gasteiger partial charge in [-0.15, -0.1) is 0 Å². The van der Waals surface area contributed by atoms with Crippen molar-refractivity contribution >= 4 is 5.78 Å². The van der Waals surface area contributed by atoms with Crippen molar-refractivity contribution in [2.75, 3.05) is 7.11 Å². The van der Waals surface area contributed by atoms with Crippen LogP contribution in [0.2, 0.25) is 0 Å². The normalized spacial score (nSPS) is 26.8. The van der Waals surface area contributed by atoms with Crippen LogP contribution < -0.4 is 9.47 Å². The van der Waals surface area contributed by atoms with E-state index in [4.69, 9.17) is 9.47 Å². The fraction of sp³-hybridized carbons (Fsp3) is 0.500. The number of methoxy groups -OCH3 is 1. The third-order valence-electron chi connectivity index (χ3n) is 7.06. The molecule has 1 aliphatic carbocycles. The fourth-order valence-corrected chi connectivity index (χ4v) is 5.37. The Bertz CT molecular complexity index is 964. The first-order valence-corrected chi connectivity index (χ1v) is 11.1. The molecule has 31 heavy (non-hydrogen) atoms. The fourth-order valence-electron chi connectivity index (χ4n) is 5.37. The number of phenols is 1. The van der Waals surface area contributed by atoms with Crippen LogP contribution in [-0.2, 0) is 6.42 Å². The molecule has 0 unspecified atom stereocenters. The molecular weight excluding hydrogens is 392 g/mol. The molecule has 0 amide bonds. The van der Waals surface area contributed by atoms with Crippen LogP contribution in [0.3, 0.4) is 0 Å². The number of hydrogen-bond acceptors (Lipinski definition) is 5. The van der Waals surface area contributed by atoms with Crippen LogP contribution in [0.5, 0.6) is 17.2 Å². The van der Waals surface area contributed by atoms with Crippen LogP contribution in [0.1, 0.15) is 67.4 Å². The van der Waals surface area contributed by atoms with E-state index >= 15 is 0 Å². The van der Waals surface area contributed by atoms with Gasteiger partial charge in [-0.3, -0.25) is 4.79 Å². The Balaban J connectivity index is 1.76. The number of carbonyl (C=O) groups is 1. The van der Waals surface area contributed by atoms with E-state index in [0.717, 1.165) is 17.5 Å². The highest BCUT2D eigenvalue weighted by Gasteiger charge is 2.55. The van der Waals surface area contributed by atoms with Gasteiger partial charge in [0, 0.05) is 24.0 Å². The van der Waals surface area contributed by atoms with Crippen molar-refractivity contribution in [3.63, 3.8) is 0 Å². The zero-order valence-corrected chi connectivity index (χ0v) is 18.7. The number of ketones is 1. The van der Waals surface area contributed by atoms with Crippen LogP contribution in [0.25, 0.3) is 0 Å². The Labute approximate surface area is 184 Å². The molecule has 1 saturated carbocycles. The number of aryl methyl sites for hydroxylation is 1. The molecule has 2 N–H and O–H groups in total. The van der Waals surface area contributed by atoms with Crippen LogP contribution in [-0.4, -0.2) is 34.8 Å². The molecule has 5 nitrogen and oxygen atoms in total. The topological polar surface area (TPSA) is 76.0 Å². The number of aromatic hydroxyl groups is 1. The smallest absolute Gasteiger partial charge is 0.170 e. The number of hydrogen-bond donors (Lipinski definition) is 2. The van der Waals surface area contributed by atoms with Crippen molar-refractivity contribution in [2.45, 2.75) is 64.1 Å². The maximum Gasteiger partial charge on any atom is 0.170 e. The zero-order chi connectivity index (χ0) is 22.3. The van der Waals surface area contributed by atoms with Gasteiger partial charge >= 0.3 is 0 Å². The lowest BCUT2D eigenvalue weighted by molar-refractivity contribution is -0.0919. The van der Waals surface area contributed by atoms with Crippen molar-refractivity contribution < 1.29 is 24.5 Å². The first kappa shape index (κ1) is 21.7. The van der Waals surface area contributed by atoms with Crippen LogP contribution in [0.15, 0.2) is 36.4 Å². The summed E-state index contributed by atoms with van der Waals surface area (Å²) in [6.45, 7) is 6.16. The van der Waals surface area contributed by atoms with E-state index in [1.165, 1.54) is 6.07 Å². The number of carbonyl (C=O) groups excluding carboxylic acids is 1. The van der Waals surface area contributed by atoms with Crippen LogP contribution in [0, 0.1) is 11.8 Å². The molecule has 0 spiro atoms. The lowest BCUT2D eigenvalue weighted by Crippen LogP contribution is -2.51. The lowest BCUT2D eigenvalue weighted by Gasteiger charge is -2.44. The number of benzene rings is 2. The van der Waals surface area contributed by atoms with Crippen molar-refractivity contribution in [1.29, 1.82) is 0 Å². The predicted molar refractivity (Wildman–Crippen MR) is 119 cm³/mol. The molecule has 4 atom stereocenters. The van der Waals surface area contributed by atoms with Crippen molar-refractivity contribution in [3.05, 3.63) is 53.1 Å². The minimum absolute atomic E-state index is 0.0880. The quantitative estimate of drug-likeness (QED) is 0.647. The van der Waals surface area contributed by atoms with E-state index in [2.05, 4.69) is 13.8 Å². The average Bonchev–Trinajstić information content (AvgIpc) is 3.13. The highest BCUT2D eigenvalue weighted by Crippen LogP contribution is 2.58. The van der Waals surface area contributed by atoms with Gasteiger partial charge in [0.15, 0.2) is 5.78 Å². The Morgan fingerprint density at radius 2 is 2.00 bits per heavy atom. The maximum atomic E-state index is 13.2. The molecule has 1 heterocycles. The van der Waals surface area contributed by atoms with E-state index in [1.807, 2.05) is 30.3 Å². The standard InChI is InChI=1S/C26H32O5/c1-15(2)17-12-13-26(3,29)25-21(17)23-20(30-4)14-19(28)22(24(23)31-25)18(27)11-10-16-8-6-5-7-9-16/h5-9,14-15,17,21,25,28-29H,10-13H2,1-4H3/t17-,21+,25-,26+/m1/s1. The number of phenolic OH excluding ortho intramolecular Hbond substituents is 1. The zero-order valence-electron chi connectivity index (χ0n) is 18.7. The molecule has 0 aromatic heterocycles. The maximum absolute atomic E-state index is 13.2. The molecule has 2 aromatic carbocycles. The van der Waals surface area contributed by atoms with Gasteiger partial charge in [0.2, 0.25) is 0 Å². The summed E-state index contributed by atoms with van der Waals surface area (Å²) in [5.74, 6) is 1.19. The predicted octanol–water partition coefficient (Wildman–Crippen LogP) is 4.88. The van der Waals surface area contributed by atoms with Gasteiger partial charge in [0.1, 0.15) is 28.9 Å². The van der Waals surface area contributed by atoms with Crippen molar-refractivity contribution in [1.82, 2.24) is 0 Å². The van der Waals surface area contributed by atoms with Gasteiger partial charge in [-0.25, -0.2) is 0 Å². The van der Waals surface area contributed by atoms with Gasteiger partial charge in [0.25, 0.3) is 0 Å². The molecule has 0 saturated heterocycles. The average molecular weight is 425 g/mol. The van der Waals surface area contributed by atoms with E-state index in [-0.39, 0.29) is 35.4 Å². The third-order valence-corrected chi connectivity index (χ3v) is 7.06. The summed E-state index contributed by atoms with van der Waals surface area (Å²) in [6.07, 6.45) is 1.88. The Morgan fingerprint density at radius 1 is 1.29 bits per heavy atom. The van der Waals surface area contributed by atoms with E-state index in [0.29, 0.717) is 30.3 Å². The van der Waals surface area contributed by atoms with Crippen LogP contribution in [0.4, 0.5) is 0 Å². The molecule has 0 radical (unpaired) electrons. The summed E-state index contributed by atoms with van der Waals surface area (Å²) in [4.78, 5) is 13.2. The minimum Gasteiger partial charge on any atom is -0.507 e. The summed E-state index contributed by atoms with van der Waals surface area (Å²) in [5.41, 5.74) is 1.07. The van der Waals surface area contributed by atoms with E-state index in [1.54, 1.807) is 14.0 Å². The van der Waals surface area contributed by atoms with Crippen molar-refractivity contribution in [3.8, 4) is 17.2 Å². The monoisotopic (exact) mass is 424 g/mol. The van der Waals surface area contributed by atoms with E-state index in [9.17, 15) is 15.0 Å². The first-order valence-electron chi connectivity index (χ1n) is 11.1. The Morgan fingerprint density at radius 3 is 2.65 bits per heavy atom. The number of rotatable bonds is 6. The second-order valence-electron chi connectivity index (χ2n) is 9.49. The molecule has 166 valence electrons. The van der Waals surface area contributed by atoms with E-state index < -0.39 is 11.7 Å². The summed E-state index contributed by atoms with van der Waals surface area (Å²) in [7, 11) is 1.56. The minimum atomic E-state index is -1.01. The highest BCUT2D eigenvalue weighted by molar-refractivity contribution is 6.02. The largest absolute Gasteiger partial charge is 0.507 e. The molecule has 1 fully saturated rings. The molecule has 4 rings (SSSR count). The number of Topliss-reactive ketones (excluding diaryl/α,β-unsaturated/α-hetero) is 1. The van der Waals surface area contributed by atoms with Gasteiger partial charge < -0.3 is 19.7 Å². The van der Waals surface area contributed by atoms with Gasteiger partial charge in [-0.2, -0.15) is 0 Å². The SMILES string of the molecule is COc1cc(O)c(C(=O)CCc2ccccc2)c2c1[C@@H]1[C@@H](C(C)C)CC[C@](C)(O)[C@@H]1O2. The number of aliphatic hydroxyl groups is 1. The summed E-state index contributed by atoms with van der Waals surface area (Å²) >= 11 is 0. The third kappa shape index (κ3) is 3.80. The molecular formula is C26H32O5. The number of fused-ring (bicyclic) bond motifs is 3. The number of ether oxygens (including phenoxy) is 2. The Kier molecular flexibility index (Phi) is 5.73. The Hall–Kier alpha value is -2.53. The molecule has 2 aromatic rings. The summed E-state index contributed by atoms with van der Waals surface area (Å²) < 4.78 is 11.9. The molecule has 0 bridgehead atoms. The van der Waals surface area contributed by atoms with Gasteiger partial charge in [-0.05, 0) is 43.6 Å². The first-order chi connectivity index (χ1) is 14.7. The van der Waals surface area contributed by atoms with Gasteiger partial charge in [0.05, 0.1) is 12.7 Å².